The van der Waals surface area contributed by atoms with E-state index in [9.17, 15) is 0 Å². The lowest BCUT2D eigenvalue weighted by atomic mass is 9.91. The van der Waals surface area contributed by atoms with Gasteiger partial charge in [-0.05, 0) is 47.2 Å². The summed E-state index contributed by atoms with van der Waals surface area (Å²) in [6.07, 6.45) is 1.74. The predicted octanol–water partition coefficient (Wildman–Crippen LogP) is 4.29. The zero-order chi connectivity index (χ0) is 18.5. The highest BCUT2D eigenvalue weighted by atomic mass is 16.5. The highest BCUT2D eigenvalue weighted by molar-refractivity contribution is 5.67. The lowest BCUT2D eigenvalue weighted by Crippen LogP contribution is -2.37. The van der Waals surface area contributed by atoms with Crippen LogP contribution < -0.4 is 10.6 Å². The largest absolute Gasteiger partial charge is 0.398 e. The molecule has 3 nitrogen and oxygen atoms in total. The minimum Gasteiger partial charge on any atom is -0.398 e. The quantitative estimate of drug-likeness (QED) is 0.692. The Bertz CT molecular complexity index is 872. The average Bonchev–Trinajstić information content (AvgIpc) is 2.73. The lowest BCUT2D eigenvalue weighted by molar-refractivity contribution is 0.122. The summed E-state index contributed by atoms with van der Waals surface area (Å²) < 4.78 is 5.56. The Morgan fingerprint density at radius 1 is 0.704 bits per heavy atom. The van der Waals surface area contributed by atoms with Gasteiger partial charge in [-0.1, -0.05) is 60.7 Å². The first-order valence-electron chi connectivity index (χ1n) is 9.62. The molecule has 4 rings (SSSR count). The maximum atomic E-state index is 6.48. The lowest BCUT2D eigenvalue weighted by Gasteiger charge is -2.32. The van der Waals surface area contributed by atoms with Crippen molar-refractivity contribution in [3.8, 4) is 0 Å². The van der Waals surface area contributed by atoms with Crippen LogP contribution in [-0.4, -0.2) is 26.3 Å². The molecule has 1 saturated heterocycles. The topological polar surface area (TPSA) is 38.5 Å². The summed E-state index contributed by atoms with van der Waals surface area (Å²) in [5, 5.41) is 0. The second kappa shape index (κ2) is 8.28. The molecule has 0 aliphatic carbocycles. The van der Waals surface area contributed by atoms with Gasteiger partial charge in [-0.15, -0.1) is 0 Å². The van der Waals surface area contributed by atoms with Crippen molar-refractivity contribution in [2.75, 3.05) is 36.9 Å². The molecule has 3 heteroatoms. The first kappa shape index (κ1) is 17.6. The van der Waals surface area contributed by atoms with Crippen molar-refractivity contribution in [3.05, 3.63) is 95.1 Å². The Morgan fingerprint density at radius 2 is 1.26 bits per heavy atom. The second-order valence-electron chi connectivity index (χ2n) is 7.06. The van der Waals surface area contributed by atoms with Crippen LogP contribution >= 0.6 is 0 Å². The number of nitrogens with zero attached hydrogens (tertiary/aromatic N) is 1. The Labute approximate surface area is 161 Å². The fourth-order valence-corrected chi connectivity index (χ4v) is 3.81. The zero-order valence-corrected chi connectivity index (χ0v) is 15.6. The number of ether oxygens (including phenoxy) is 1. The number of hydrogen-bond donors (Lipinski definition) is 1. The summed E-state index contributed by atoms with van der Waals surface area (Å²) in [5.74, 6) is 0. The molecule has 0 unspecified atom stereocenters. The molecule has 2 N–H and O–H groups in total. The van der Waals surface area contributed by atoms with Gasteiger partial charge < -0.3 is 15.4 Å². The molecular formula is C24H26N2O. The van der Waals surface area contributed by atoms with Gasteiger partial charge in [0.1, 0.15) is 0 Å². The van der Waals surface area contributed by atoms with E-state index >= 15 is 0 Å². The van der Waals surface area contributed by atoms with E-state index in [1.54, 1.807) is 0 Å². The molecule has 3 aromatic rings. The third-order valence-electron chi connectivity index (χ3n) is 5.24. The van der Waals surface area contributed by atoms with E-state index in [0.29, 0.717) is 0 Å². The summed E-state index contributed by atoms with van der Waals surface area (Å²) >= 11 is 0. The molecule has 3 aromatic carbocycles. The maximum Gasteiger partial charge on any atom is 0.0642 e. The molecule has 0 atom stereocenters. The van der Waals surface area contributed by atoms with Crippen LogP contribution in [0.3, 0.4) is 0 Å². The van der Waals surface area contributed by atoms with Crippen LogP contribution in [-0.2, 0) is 17.6 Å². The van der Waals surface area contributed by atoms with Crippen LogP contribution in [0.2, 0.25) is 0 Å². The van der Waals surface area contributed by atoms with Gasteiger partial charge >= 0.3 is 0 Å². The monoisotopic (exact) mass is 358 g/mol. The number of rotatable bonds is 5. The van der Waals surface area contributed by atoms with Crippen molar-refractivity contribution < 1.29 is 4.74 Å². The van der Waals surface area contributed by atoms with Gasteiger partial charge in [-0.3, -0.25) is 0 Å². The standard InChI is InChI=1S/C24H26N2O/c25-23-11-12-24(26-13-15-27-16-14-26)22(18-20-9-5-2-6-10-20)21(23)17-19-7-3-1-4-8-19/h1-12H,13-18,25H2. The molecule has 1 aliphatic heterocycles. The summed E-state index contributed by atoms with van der Waals surface area (Å²) in [4.78, 5) is 2.44. The van der Waals surface area contributed by atoms with E-state index in [1.165, 1.54) is 27.9 Å². The smallest absolute Gasteiger partial charge is 0.0642 e. The minimum absolute atomic E-state index is 0.781. The van der Waals surface area contributed by atoms with Crippen LogP contribution in [0.15, 0.2) is 72.8 Å². The Hall–Kier alpha value is -2.78. The number of nitrogens with two attached hydrogens (primary N) is 1. The van der Waals surface area contributed by atoms with Crippen molar-refractivity contribution in [3.63, 3.8) is 0 Å². The van der Waals surface area contributed by atoms with Gasteiger partial charge in [-0.25, -0.2) is 0 Å². The van der Waals surface area contributed by atoms with E-state index in [0.717, 1.165) is 44.8 Å². The average molecular weight is 358 g/mol. The maximum absolute atomic E-state index is 6.48. The van der Waals surface area contributed by atoms with Crippen molar-refractivity contribution in [1.29, 1.82) is 0 Å². The Morgan fingerprint density at radius 3 is 1.85 bits per heavy atom. The van der Waals surface area contributed by atoms with Gasteiger partial charge in [0, 0.05) is 24.5 Å². The van der Waals surface area contributed by atoms with Gasteiger partial charge in [0.15, 0.2) is 0 Å². The molecule has 0 saturated carbocycles. The van der Waals surface area contributed by atoms with Crippen LogP contribution in [0.25, 0.3) is 0 Å². The highest BCUT2D eigenvalue weighted by Gasteiger charge is 2.19. The molecule has 0 radical (unpaired) electrons. The third kappa shape index (κ3) is 4.15. The van der Waals surface area contributed by atoms with Crippen molar-refractivity contribution >= 4 is 11.4 Å². The first-order chi connectivity index (χ1) is 13.3. The third-order valence-corrected chi connectivity index (χ3v) is 5.24. The fraction of sp³-hybridized carbons (Fsp3) is 0.250. The van der Waals surface area contributed by atoms with E-state index in [-0.39, 0.29) is 0 Å². The van der Waals surface area contributed by atoms with E-state index in [1.807, 2.05) is 0 Å². The van der Waals surface area contributed by atoms with Crippen molar-refractivity contribution in [1.82, 2.24) is 0 Å². The van der Waals surface area contributed by atoms with E-state index in [2.05, 4.69) is 77.7 Å². The van der Waals surface area contributed by atoms with Gasteiger partial charge in [0.25, 0.3) is 0 Å². The molecule has 0 bridgehead atoms. The SMILES string of the molecule is Nc1ccc(N2CCOCC2)c(Cc2ccccc2)c1Cc1ccccc1. The molecule has 1 aliphatic rings. The molecule has 0 aromatic heterocycles. The zero-order valence-electron chi connectivity index (χ0n) is 15.6. The molecule has 1 heterocycles. The van der Waals surface area contributed by atoms with Crippen molar-refractivity contribution in [2.45, 2.75) is 12.8 Å². The molecular weight excluding hydrogens is 332 g/mol. The predicted molar refractivity (Wildman–Crippen MR) is 112 cm³/mol. The number of hydrogen-bond acceptors (Lipinski definition) is 3. The Kier molecular flexibility index (Phi) is 5.40. The van der Waals surface area contributed by atoms with Crippen LogP contribution in [0, 0.1) is 0 Å². The molecule has 27 heavy (non-hydrogen) atoms. The fourth-order valence-electron chi connectivity index (χ4n) is 3.81. The van der Waals surface area contributed by atoms with E-state index < -0.39 is 0 Å². The normalized spacial score (nSPS) is 14.3. The molecule has 0 spiro atoms. The summed E-state index contributed by atoms with van der Waals surface area (Å²) in [5.41, 5.74) is 13.8. The van der Waals surface area contributed by atoms with Gasteiger partial charge in [-0.2, -0.15) is 0 Å². The molecule has 1 fully saturated rings. The van der Waals surface area contributed by atoms with Crippen molar-refractivity contribution in [2.24, 2.45) is 0 Å². The summed E-state index contributed by atoms with van der Waals surface area (Å²) in [6, 6.07) is 25.5. The highest BCUT2D eigenvalue weighted by Crippen LogP contribution is 2.33. The summed E-state index contributed by atoms with van der Waals surface area (Å²) in [6.45, 7) is 3.42. The van der Waals surface area contributed by atoms with Crippen LogP contribution in [0.4, 0.5) is 11.4 Å². The second-order valence-corrected chi connectivity index (χ2v) is 7.06. The number of morpholine rings is 1. The molecule has 0 amide bonds. The Balaban J connectivity index is 1.77. The number of benzene rings is 3. The van der Waals surface area contributed by atoms with Gasteiger partial charge in [0.2, 0.25) is 0 Å². The van der Waals surface area contributed by atoms with E-state index in [4.69, 9.17) is 10.5 Å². The van der Waals surface area contributed by atoms with Gasteiger partial charge in [0.05, 0.1) is 13.2 Å². The first-order valence-corrected chi connectivity index (χ1v) is 9.62. The number of nitrogen functional groups attached to an aromatic ring is 1. The minimum atomic E-state index is 0.781. The number of anilines is 2. The van der Waals surface area contributed by atoms with Crippen LogP contribution in [0.1, 0.15) is 22.3 Å². The molecule has 138 valence electrons. The van der Waals surface area contributed by atoms with Crippen LogP contribution in [0.5, 0.6) is 0 Å². The summed E-state index contributed by atoms with van der Waals surface area (Å²) in [7, 11) is 0.